The summed E-state index contributed by atoms with van der Waals surface area (Å²) in [5.74, 6) is -0.678. The molecule has 0 saturated heterocycles. The second-order valence-electron chi connectivity index (χ2n) is 4.40. The van der Waals surface area contributed by atoms with Gasteiger partial charge in [-0.15, -0.1) is 0 Å². The predicted octanol–water partition coefficient (Wildman–Crippen LogP) is -0.0188. The molecule has 6 heteroatoms. The minimum atomic E-state index is -0.723. The number of anilines is 1. The van der Waals surface area contributed by atoms with Crippen molar-refractivity contribution < 1.29 is 9.59 Å². The number of aryl methyl sites for hydroxylation is 1. The Morgan fingerprint density at radius 3 is 3.00 bits per heavy atom. The number of nitriles is 1. The molecule has 2 amide bonds. The van der Waals surface area contributed by atoms with Crippen molar-refractivity contribution in [2.45, 2.75) is 13.0 Å². The van der Waals surface area contributed by atoms with Crippen LogP contribution in [0.4, 0.5) is 5.69 Å². The Bertz CT molecular complexity index is 576. The van der Waals surface area contributed by atoms with Crippen molar-refractivity contribution in [3.05, 3.63) is 29.3 Å². The summed E-state index contributed by atoms with van der Waals surface area (Å²) in [6, 6.07) is 6.59. The van der Waals surface area contributed by atoms with Gasteiger partial charge in [-0.2, -0.15) is 5.26 Å². The highest BCUT2D eigenvalue weighted by Gasteiger charge is 2.35. The first-order valence-corrected chi connectivity index (χ1v) is 5.85. The van der Waals surface area contributed by atoms with Crippen LogP contribution in [-0.2, 0) is 9.59 Å². The lowest BCUT2D eigenvalue weighted by Crippen LogP contribution is -2.40. The predicted molar refractivity (Wildman–Crippen MR) is 69.1 cm³/mol. The third kappa shape index (κ3) is 2.41. The van der Waals surface area contributed by atoms with Crippen molar-refractivity contribution in [3.8, 4) is 6.07 Å². The van der Waals surface area contributed by atoms with Gasteiger partial charge in [-0.3, -0.25) is 9.59 Å². The zero-order valence-electron chi connectivity index (χ0n) is 10.5. The number of hydrogen-bond donors (Lipinski definition) is 2. The number of nitrogens with two attached hydrogens (primary N) is 1. The molecule has 19 heavy (non-hydrogen) atoms. The van der Waals surface area contributed by atoms with Gasteiger partial charge in [0.1, 0.15) is 19.1 Å². The zero-order valence-corrected chi connectivity index (χ0v) is 10.5. The van der Waals surface area contributed by atoms with Crippen LogP contribution in [0.5, 0.6) is 0 Å². The van der Waals surface area contributed by atoms with Gasteiger partial charge in [-0.1, -0.05) is 17.7 Å². The van der Waals surface area contributed by atoms with Crippen LogP contribution >= 0.6 is 0 Å². The van der Waals surface area contributed by atoms with Crippen molar-refractivity contribution in [3.63, 3.8) is 0 Å². The van der Waals surface area contributed by atoms with E-state index in [1.54, 1.807) is 6.07 Å². The highest BCUT2D eigenvalue weighted by molar-refractivity contribution is 6.07. The van der Waals surface area contributed by atoms with Crippen LogP contribution in [0.25, 0.3) is 0 Å². The number of nitrogens with one attached hydrogen (secondary N) is 1. The molecule has 0 aliphatic carbocycles. The molecular weight excluding hydrogens is 244 g/mol. The normalized spacial score (nSPS) is 17.0. The number of carbonyl (C=O) groups is 2. The standard InChI is InChI=1S/C13H14N4O2/c1-8-2-3-10-9(6-8)12(15)13(19)17(10)7-11(18)16-5-4-14/h2-3,6,12H,5,7,15H2,1H3,(H,16,18). The lowest BCUT2D eigenvalue weighted by Gasteiger charge is -2.16. The van der Waals surface area contributed by atoms with Gasteiger partial charge in [-0.05, 0) is 13.0 Å². The lowest BCUT2D eigenvalue weighted by molar-refractivity contribution is -0.123. The molecule has 1 unspecified atom stereocenters. The Balaban J connectivity index is 2.22. The molecule has 0 saturated carbocycles. The third-order valence-electron chi connectivity index (χ3n) is 3.01. The van der Waals surface area contributed by atoms with E-state index in [4.69, 9.17) is 11.0 Å². The largest absolute Gasteiger partial charge is 0.341 e. The molecule has 0 fully saturated rings. The zero-order chi connectivity index (χ0) is 14.0. The van der Waals surface area contributed by atoms with E-state index in [0.717, 1.165) is 11.1 Å². The molecule has 1 atom stereocenters. The number of benzene rings is 1. The average molecular weight is 258 g/mol. The number of fused-ring (bicyclic) bond motifs is 1. The fourth-order valence-corrected chi connectivity index (χ4v) is 2.09. The highest BCUT2D eigenvalue weighted by Crippen LogP contribution is 2.34. The maximum Gasteiger partial charge on any atom is 0.249 e. The smallest absolute Gasteiger partial charge is 0.249 e. The van der Waals surface area contributed by atoms with Crippen LogP contribution in [-0.4, -0.2) is 24.9 Å². The molecule has 1 aliphatic rings. The topological polar surface area (TPSA) is 99.2 Å². The lowest BCUT2D eigenvalue weighted by atomic mass is 10.1. The molecule has 98 valence electrons. The van der Waals surface area contributed by atoms with Crippen molar-refractivity contribution in [1.82, 2.24) is 5.32 Å². The molecule has 1 aromatic carbocycles. The van der Waals surface area contributed by atoms with Crippen molar-refractivity contribution >= 4 is 17.5 Å². The summed E-state index contributed by atoms with van der Waals surface area (Å²) < 4.78 is 0. The van der Waals surface area contributed by atoms with E-state index in [2.05, 4.69) is 5.32 Å². The maximum atomic E-state index is 12.0. The van der Waals surface area contributed by atoms with Gasteiger partial charge in [0.25, 0.3) is 0 Å². The molecule has 1 aromatic rings. The average Bonchev–Trinajstić information content (AvgIpc) is 2.61. The number of carbonyl (C=O) groups excluding carboxylic acids is 2. The van der Waals surface area contributed by atoms with Crippen LogP contribution in [0.2, 0.25) is 0 Å². The third-order valence-corrected chi connectivity index (χ3v) is 3.01. The Kier molecular flexibility index (Phi) is 3.49. The molecule has 0 bridgehead atoms. The first kappa shape index (κ1) is 13.1. The highest BCUT2D eigenvalue weighted by atomic mass is 16.2. The van der Waals surface area contributed by atoms with Crippen molar-refractivity contribution in [2.75, 3.05) is 18.0 Å². The summed E-state index contributed by atoms with van der Waals surface area (Å²) in [5.41, 5.74) is 8.26. The van der Waals surface area contributed by atoms with Gasteiger partial charge in [0.2, 0.25) is 11.8 Å². The molecule has 1 heterocycles. The fourth-order valence-electron chi connectivity index (χ4n) is 2.09. The molecule has 2 rings (SSSR count). The summed E-state index contributed by atoms with van der Waals surface area (Å²) in [7, 11) is 0. The second kappa shape index (κ2) is 5.08. The van der Waals surface area contributed by atoms with Crippen LogP contribution < -0.4 is 16.0 Å². The maximum absolute atomic E-state index is 12.0. The van der Waals surface area contributed by atoms with Crippen LogP contribution in [0.3, 0.4) is 0 Å². The quantitative estimate of drug-likeness (QED) is 0.744. The van der Waals surface area contributed by atoms with E-state index in [1.807, 2.05) is 25.1 Å². The first-order valence-electron chi connectivity index (χ1n) is 5.85. The van der Waals surface area contributed by atoms with Gasteiger partial charge >= 0.3 is 0 Å². The van der Waals surface area contributed by atoms with Gasteiger partial charge < -0.3 is 16.0 Å². The molecule has 0 aromatic heterocycles. The second-order valence-corrected chi connectivity index (χ2v) is 4.40. The monoisotopic (exact) mass is 258 g/mol. The SMILES string of the molecule is Cc1ccc2c(c1)C(N)C(=O)N2CC(=O)NCC#N. The molecule has 3 N–H and O–H groups in total. The molecular formula is C13H14N4O2. The summed E-state index contributed by atoms with van der Waals surface area (Å²) in [6.07, 6.45) is 0. The van der Waals surface area contributed by atoms with Crippen LogP contribution in [0.1, 0.15) is 17.2 Å². The van der Waals surface area contributed by atoms with Gasteiger partial charge in [0.05, 0.1) is 6.07 Å². The molecule has 1 aliphatic heterocycles. The van der Waals surface area contributed by atoms with Crippen LogP contribution in [0, 0.1) is 18.3 Å². The van der Waals surface area contributed by atoms with E-state index in [0.29, 0.717) is 5.69 Å². The summed E-state index contributed by atoms with van der Waals surface area (Å²) in [4.78, 5) is 25.0. The first-order chi connectivity index (χ1) is 9.04. The number of amides is 2. The number of rotatable bonds is 3. The number of nitrogens with zero attached hydrogens (tertiary/aromatic N) is 2. The van der Waals surface area contributed by atoms with Crippen molar-refractivity contribution in [1.29, 1.82) is 5.26 Å². The van der Waals surface area contributed by atoms with E-state index < -0.39 is 6.04 Å². The van der Waals surface area contributed by atoms with E-state index in [9.17, 15) is 9.59 Å². The molecule has 0 spiro atoms. The minimum Gasteiger partial charge on any atom is -0.341 e. The van der Waals surface area contributed by atoms with E-state index >= 15 is 0 Å². The summed E-state index contributed by atoms with van der Waals surface area (Å²) >= 11 is 0. The van der Waals surface area contributed by atoms with Gasteiger partial charge in [0, 0.05) is 11.3 Å². The summed E-state index contributed by atoms with van der Waals surface area (Å²) in [6.45, 7) is 1.72. The van der Waals surface area contributed by atoms with Crippen molar-refractivity contribution in [2.24, 2.45) is 5.73 Å². The fraction of sp³-hybridized carbons (Fsp3) is 0.308. The van der Waals surface area contributed by atoms with Crippen LogP contribution in [0.15, 0.2) is 18.2 Å². The van der Waals surface area contributed by atoms with E-state index in [-0.39, 0.29) is 24.9 Å². The Morgan fingerprint density at radius 2 is 2.32 bits per heavy atom. The minimum absolute atomic E-state index is 0.0757. The van der Waals surface area contributed by atoms with E-state index in [1.165, 1.54) is 4.90 Å². The Hall–Kier alpha value is -2.39. The number of hydrogen-bond acceptors (Lipinski definition) is 4. The molecule has 6 nitrogen and oxygen atoms in total. The van der Waals surface area contributed by atoms with Gasteiger partial charge in [0.15, 0.2) is 0 Å². The van der Waals surface area contributed by atoms with Gasteiger partial charge in [-0.25, -0.2) is 0 Å². The Labute approximate surface area is 110 Å². The molecule has 0 radical (unpaired) electrons. The summed E-state index contributed by atoms with van der Waals surface area (Å²) in [5, 5.41) is 10.8. The Morgan fingerprint density at radius 1 is 1.58 bits per heavy atom.